The average Bonchev–Trinajstić information content (AvgIpc) is 3.67. The standard InChI is InChI=1S/C84H161NO5/c1-3-5-7-9-11-13-15-17-19-21-22-38-41-45-48-52-56-60-64-68-72-76-82(87)81(80-86)85-83(88)77-73-69-65-61-57-53-49-46-42-39-36-34-32-30-28-26-24-23-25-27-29-31-33-35-37-40-43-47-51-55-59-63-67-71-75-79-90-84(89)78-74-70-66-62-58-54-50-44-20-18-16-14-12-10-8-6-4-2/h12,14,18,20,72,76,81-82,86-87H,3-11,13,15-17,19,21-71,73-75,77-80H2,1-2H3,(H,85,88)/b14-12-,20-18-,76-72+. The minimum absolute atomic E-state index is 0.0154. The van der Waals surface area contributed by atoms with Gasteiger partial charge in [-0.15, -0.1) is 0 Å². The number of hydrogen-bond acceptors (Lipinski definition) is 5. The maximum Gasteiger partial charge on any atom is 0.305 e. The fourth-order valence-electron chi connectivity index (χ4n) is 13.1. The van der Waals surface area contributed by atoms with Crippen LogP contribution in [0.15, 0.2) is 36.5 Å². The van der Waals surface area contributed by atoms with Crippen LogP contribution in [0.1, 0.15) is 463 Å². The van der Waals surface area contributed by atoms with Crippen LogP contribution in [0.3, 0.4) is 0 Å². The predicted octanol–water partition coefficient (Wildman–Crippen LogP) is 27.4. The number of aliphatic hydroxyl groups is 2. The lowest BCUT2D eigenvalue weighted by Gasteiger charge is -2.20. The molecule has 0 aliphatic heterocycles. The number of nitrogens with one attached hydrogen (secondary N) is 1. The molecule has 0 aromatic heterocycles. The molecule has 0 aliphatic rings. The summed E-state index contributed by atoms with van der Waals surface area (Å²) in [6.07, 6.45) is 104. The number of unbranched alkanes of at least 4 members (excludes halogenated alkanes) is 63. The lowest BCUT2D eigenvalue weighted by Crippen LogP contribution is -2.45. The number of carbonyl (C=O) groups is 2. The highest BCUT2D eigenvalue weighted by atomic mass is 16.5. The van der Waals surface area contributed by atoms with Gasteiger partial charge in [0, 0.05) is 12.8 Å². The third-order valence-corrected chi connectivity index (χ3v) is 19.4. The summed E-state index contributed by atoms with van der Waals surface area (Å²) in [5.41, 5.74) is 0. The maximum absolute atomic E-state index is 12.5. The van der Waals surface area contributed by atoms with Gasteiger partial charge in [-0.2, -0.15) is 0 Å². The van der Waals surface area contributed by atoms with E-state index in [2.05, 4.69) is 43.5 Å². The smallest absolute Gasteiger partial charge is 0.305 e. The van der Waals surface area contributed by atoms with Crippen molar-refractivity contribution < 1.29 is 24.5 Å². The third kappa shape index (κ3) is 75.1. The lowest BCUT2D eigenvalue weighted by molar-refractivity contribution is -0.143. The summed E-state index contributed by atoms with van der Waals surface area (Å²) < 4.78 is 5.51. The molecule has 0 aromatic rings. The van der Waals surface area contributed by atoms with Crippen molar-refractivity contribution in [3.8, 4) is 0 Å². The maximum atomic E-state index is 12.5. The normalized spacial score (nSPS) is 12.6. The molecule has 0 radical (unpaired) electrons. The highest BCUT2D eigenvalue weighted by Crippen LogP contribution is 2.20. The third-order valence-electron chi connectivity index (χ3n) is 19.4. The molecule has 0 heterocycles. The number of aliphatic hydroxyl groups excluding tert-OH is 2. The molecule has 0 saturated carbocycles. The summed E-state index contributed by atoms with van der Waals surface area (Å²) in [5, 5.41) is 23.3. The average molecular weight is 1270 g/mol. The molecule has 6 nitrogen and oxygen atoms in total. The van der Waals surface area contributed by atoms with Crippen LogP contribution >= 0.6 is 0 Å². The Morgan fingerprint density at radius 3 is 0.867 bits per heavy atom. The zero-order valence-electron chi connectivity index (χ0n) is 61.1. The number of rotatable bonds is 78. The Morgan fingerprint density at radius 1 is 0.311 bits per heavy atom. The van der Waals surface area contributed by atoms with E-state index in [4.69, 9.17) is 4.74 Å². The van der Waals surface area contributed by atoms with Crippen molar-refractivity contribution in [1.82, 2.24) is 5.32 Å². The molecule has 0 aliphatic carbocycles. The minimum atomic E-state index is -0.842. The second-order valence-electron chi connectivity index (χ2n) is 28.5. The van der Waals surface area contributed by atoms with Crippen LogP contribution in [0.2, 0.25) is 0 Å². The lowest BCUT2D eigenvalue weighted by atomic mass is 10.0. The summed E-state index contributed by atoms with van der Waals surface area (Å²) in [7, 11) is 0. The summed E-state index contributed by atoms with van der Waals surface area (Å²) in [4.78, 5) is 24.7. The summed E-state index contributed by atoms with van der Waals surface area (Å²) >= 11 is 0. The molecule has 0 spiro atoms. The van der Waals surface area contributed by atoms with E-state index in [-0.39, 0.29) is 18.5 Å². The van der Waals surface area contributed by atoms with Crippen LogP contribution in [-0.2, 0) is 14.3 Å². The van der Waals surface area contributed by atoms with Gasteiger partial charge in [-0.1, -0.05) is 423 Å². The van der Waals surface area contributed by atoms with E-state index < -0.39 is 12.1 Å². The molecule has 6 heteroatoms. The number of allylic oxidation sites excluding steroid dienone is 5. The molecule has 2 unspecified atom stereocenters. The molecule has 532 valence electrons. The molecule has 1 amide bonds. The summed E-state index contributed by atoms with van der Waals surface area (Å²) in [6, 6.07) is -0.625. The first-order valence-electron chi connectivity index (χ1n) is 41.3. The van der Waals surface area contributed by atoms with Gasteiger partial charge in [0.25, 0.3) is 0 Å². The molecule has 0 saturated heterocycles. The van der Waals surface area contributed by atoms with Gasteiger partial charge in [-0.3, -0.25) is 9.59 Å². The molecule has 0 fully saturated rings. The molecule has 0 bridgehead atoms. The molecule has 0 aromatic carbocycles. The fourth-order valence-corrected chi connectivity index (χ4v) is 13.1. The minimum Gasteiger partial charge on any atom is -0.466 e. The molecule has 3 N–H and O–H groups in total. The Morgan fingerprint density at radius 2 is 0.556 bits per heavy atom. The number of hydrogen-bond donors (Lipinski definition) is 3. The molecule has 0 rings (SSSR count). The van der Waals surface area contributed by atoms with E-state index in [1.807, 2.05) is 6.08 Å². The van der Waals surface area contributed by atoms with Crippen molar-refractivity contribution in [2.45, 2.75) is 475 Å². The first kappa shape index (κ1) is 88.1. The topological polar surface area (TPSA) is 95.9 Å². The van der Waals surface area contributed by atoms with Crippen LogP contribution in [-0.4, -0.2) is 47.4 Å². The highest BCUT2D eigenvalue weighted by Gasteiger charge is 2.18. The predicted molar refractivity (Wildman–Crippen MR) is 398 cm³/mol. The number of ether oxygens (including phenoxy) is 1. The van der Waals surface area contributed by atoms with Crippen molar-refractivity contribution in [1.29, 1.82) is 0 Å². The van der Waals surface area contributed by atoms with Crippen molar-refractivity contribution in [3.05, 3.63) is 36.5 Å². The first-order valence-corrected chi connectivity index (χ1v) is 41.3. The van der Waals surface area contributed by atoms with E-state index in [0.717, 1.165) is 51.4 Å². The largest absolute Gasteiger partial charge is 0.466 e. The van der Waals surface area contributed by atoms with Crippen LogP contribution < -0.4 is 5.32 Å². The van der Waals surface area contributed by atoms with Crippen molar-refractivity contribution >= 4 is 11.9 Å². The van der Waals surface area contributed by atoms with Crippen LogP contribution in [0.5, 0.6) is 0 Å². The fraction of sp³-hybridized carbons (Fsp3) is 0.905. The quantitative estimate of drug-likeness (QED) is 0.0320. The van der Waals surface area contributed by atoms with Gasteiger partial charge in [0.1, 0.15) is 0 Å². The Bertz CT molecular complexity index is 1460. The van der Waals surface area contributed by atoms with Gasteiger partial charge in [-0.05, 0) is 64.2 Å². The number of amides is 1. The Kier molecular flexibility index (Phi) is 77.8. The molecular formula is C84H161NO5. The second kappa shape index (κ2) is 79.5. The van der Waals surface area contributed by atoms with E-state index in [9.17, 15) is 19.8 Å². The van der Waals surface area contributed by atoms with Gasteiger partial charge in [0.15, 0.2) is 0 Å². The second-order valence-corrected chi connectivity index (χ2v) is 28.5. The van der Waals surface area contributed by atoms with Crippen LogP contribution in [0.25, 0.3) is 0 Å². The number of carbonyl (C=O) groups excluding carboxylic acids is 2. The van der Waals surface area contributed by atoms with E-state index in [1.54, 1.807) is 6.08 Å². The Hall–Kier alpha value is -1.92. The van der Waals surface area contributed by atoms with Gasteiger partial charge in [-0.25, -0.2) is 0 Å². The van der Waals surface area contributed by atoms with Crippen molar-refractivity contribution in [3.63, 3.8) is 0 Å². The molecule has 90 heavy (non-hydrogen) atoms. The van der Waals surface area contributed by atoms with E-state index in [1.165, 1.54) is 385 Å². The van der Waals surface area contributed by atoms with Gasteiger partial charge < -0.3 is 20.3 Å². The van der Waals surface area contributed by atoms with Crippen LogP contribution in [0, 0.1) is 0 Å². The van der Waals surface area contributed by atoms with E-state index >= 15 is 0 Å². The van der Waals surface area contributed by atoms with Gasteiger partial charge in [0.05, 0.1) is 25.4 Å². The SMILES string of the molecule is CCCCC/C=C\C/C=C\CCCCCCCCCC(=O)OCCCCCCCCCCCCCCCCCCCCCCCCCCCCCCCCCCCCCC(=O)NC(CO)C(O)/C=C/CCCCCCCCCCCCCCCCCCCCC. The Labute approximate surface area is 564 Å². The summed E-state index contributed by atoms with van der Waals surface area (Å²) in [5.74, 6) is -0.0426. The van der Waals surface area contributed by atoms with Gasteiger partial charge in [0.2, 0.25) is 5.91 Å². The zero-order valence-corrected chi connectivity index (χ0v) is 61.1. The van der Waals surface area contributed by atoms with Crippen molar-refractivity contribution in [2.24, 2.45) is 0 Å². The molecule has 2 atom stereocenters. The highest BCUT2D eigenvalue weighted by molar-refractivity contribution is 5.76. The zero-order chi connectivity index (χ0) is 64.9. The molecular weight excluding hydrogens is 1100 g/mol. The first-order chi connectivity index (χ1) is 44.5. The Balaban J connectivity index is 3.33. The van der Waals surface area contributed by atoms with Gasteiger partial charge >= 0.3 is 5.97 Å². The van der Waals surface area contributed by atoms with Crippen molar-refractivity contribution in [2.75, 3.05) is 13.2 Å². The van der Waals surface area contributed by atoms with E-state index in [0.29, 0.717) is 19.4 Å². The monoisotopic (exact) mass is 1260 g/mol. The summed E-state index contributed by atoms with van der Waals surface area (Å²) in [6.45, 7) is 4.93. The van der Waals surface area contributed by atoms with Crippen LogP contribution in [0.4, 0.5) is 0 Å². The number of esters is 1.